The summed E-state index contributed by atoms with van der Waals surface area (Å²) in [4.78, 5) is 34.8. The second-order valence-electron chi connectivity index (χ2n) is 5.30. The van der Waals surface area contributed by atoms with Crippen molar-refractivity contribution in [2.24, 2.45) is 5.73 Å². The Hall–Kier alpha value is -2.22. The molecule has 1 rings (SSSR count). The molecule has 0 bridgehead atoms. The zero-order chi connectivity index (χ0) is 18.1. The van der Waals surface area contributed by atoms with Crippen molar-refractivity contribution in [3.05, 3.63) is 29.3 Å². The van der Waals surface area contributed by atoms with Crippen molar-refractivity contribution in [2.45, 2.75) is 26.3 Å². The number of hydrogen-bond donors (Lipinski definition) is 3. The van der Waals surface area contributed by atoms with E-state index in [-0.39, 0.29) is 0 Å². The third-order valence-electron chi connectivity index (χ3n) is 3.35. The van der Waals surface area contributed by atoms with Crippen LogP contribution in [-0.4, -0.2) is 42.6 Å². The molecule has 4 N–H and O–H groups in total. The quantitative estimate of drug-likeness (QED) is 0.615. The number of nitrogens with one attached hydrogen (secondary N) is 2. The van der Waals surface area contributed by atoms with E-state index in [0.717, 1.165) is 11.1 Å². The third kappa shape index (κ3) is 6.91. The summed E-state index contributed by atoms with van der Waals surface area (Å²) >= 11 is 1.52. The Bertz CT molecular complexity index is 607. The molecular weight excluding hydrogens is 330 g/mol. The molecule has 1 atom stereocenters. The second kappa shape index (κ2) is 9.82. The van der Waals surface area contributed by atoms with Crippen molar-refractivity contribution >= 4 is 35.4 Å². The summed E-state index contributed by atoms with van der Waals surface area (Å²) in [6.07, 6.45) is 2.26. The minimum Gasteiger partial charge on any atom is -0.454 e. The van der Waals surface area contributed by atoms with E-state index in [0.29, 0.717) is 17.9 Å². The molecule has 0 aliphatic heterocycles. The van der Waals surface area contributed by atoms with Gasteiger partial charge in [-0.2, -0.15) is 11.8 Å². The molecule has 0 aliphatic carbocycles. The lowest BCUT2D eigenvalue weighted by molar-refractivity contribution is -0.149. The number of nitrogens with two attached hydrogens (primary N) is 1. The van der Waals surface area contributed by atoms with Gasteiger partial charge in [-0.05, 0) is 55.5 Å². The van der Waals surface area contributed by atoms with E-state index in [9.17, 15) is 14.4 Å². The van der Waals surface area contributed by atoms with Crippen LogP contribution in [0, 0.1) is 13.8 Å². The molecule has 1 aromatic carbocycles. The lowest BCUT2D eigenvalue weighted by Gasteiger charge is -2.16. The molecule has 8 heteroatoms. The Labute approximate surface area is 145 Å². The number of rotatable bonds is 8. The Morgan fingerprint density at radius 3 is 2.54 bits per heavy atom. The first-order valence-electron chi connectivity index (χ1n) is 7.42. The minimum absolute atomic E-state index is 0.377. The number of anilines is 1. The van der Waals surface area contributed by atoms with Crippen LogP contribution in [0.3, 0.4) is 0 Å². The van der Waals surface area contributed by atoms with Crippen molar-refractivity contribution < 1.29 is 19.1 Å². The number of primary amides is 1. The summed E-state index contributed by atoms with van der Waals surface area (Å²) in [5.74, 6) is -0.484. The molecule has 1 aromatic rings. The van der Waals surface area contributed by atoms with Crippen molar-refractivity contribution in [2.75, 3.05) is 23.9 Å². The number of esters is 1. The van der Waals surface area contributed by atoms with Gasteiger partial charge in [0.05, 0.1) is 0 Å². The average Bonchev–Trinajstić information content (AvgIpc) is 2.52. The van der Waals surface area contributed by atoms with E-state index in [2.05, 4.69) is 10.6 Å². The van der Waals surface area contributed by atoms with Crippen molar-refractivity contribution in [1.82, 2.24) is 5.32 Å². The van der Waals surface area contributed by atoms with Gasteiger partial charge in [0.1, 0.15) is 6.04 Å². The van der Waals surface area contributed by atoms with Gasteiger partial charge in [0, 0.05) is 5.69 Å². The monoisotopic (exact) mass is 353 g/mol. The van der Waals surface area contributed by atoms with Crippen LogP contribution in [0.2, 0.25) is 0 Å². The highest BCUT2D eigenvalue weighted by atomic mass is 32.2. The van der Waals surface area contributed by atoms with Crippen LogP contribution in [0.15, 0.2) is 18.2 Å². The first-order chi connectivity index (χ1) is 11.3. The molecule has 0 saturated carbocycles. The first kappa shape index (κ1) is 19.8. The topological polar surface area (TPSA) is 111 Å². The van der Waals surface area contributed by atoms with Gasteiger partial charge in [0.15, 0.2) is 6.61 Å². The predicted molar refractivity (Wildman–Crippen MR) is 95.0 cm³/mol. The number of carbonyl (C=O) groups excluding carboxylic acids is 3. The summed E-state index contributed by atoms with van der Waals surface area (Å²) in [6, 6.07) is 3.84. The summed E-state index contributed by atoms with van der Waals surface area (Å²) < 4.78 is 4.96. The Morgan fingerprint density at radius 2 is 1.96 bits per heavy atom. The Morgan fingerprint density at radius 1 is 1.25 bits per heavy atom. The van der Waals surface area contributed by atoms with E-state index >= 15 is 0 Å². The van der Waals surface area contributed by atoms with Crippen molar-refractivity contribution in [3.63, 3.8) is 0 Å². The molecule has 0 heterocycles. The number of aryl methyl sites for hydroxylation is 2. The molecule has 3 amide bonds. The van der Waals surface area contributed by atoms with E-state index in [1.165, 1.54) is 11.8 Å². The fourth-order valence-electron chi connectivity index (χ4n) is 1.91. The normalized spacial score (nSPS) is 11.5. The van der Waals surface area contributed by atoms with Gasteiger partial charge in [0.2, 0.25) is 0 Å². The SMILES string of the molecule is CSCC[C@@H](NC(N)=O)C(=O)OCC(=O)Nc1ccc(C)c(C)c1. The van der Waals surface area contributed by atoms with Gasteiger partial charge in [0.25, 0.3) is 5.91 Å². The molecule has 0 aromatic heterocycles. The molecule has 0 unspecified atom stereocenters. The van der Waals surface area contributed by atoms with E-state index in [1.54, 1.807) is 6.07 Å². The number of thioether (sulfide) groups is 1. The summed E-state index contributed by atoms with van der Waals surface area (Å²) in [6.45, 7) is 3.49. The van der Waals surface area contributed by atoms with Crippen LogP contribution in [0.5, 0.6) is 0 Å². The van der Waals surface area contributed by atoms with Crippen LogP contribution in [0.1, 0.15) is 17.5 Å². The summed E-state index contributed by atoms with van der Waals surface area (Å²) in [5, 5.41) is 4.98. The smallest absolute Gasteiger partial charge is 0.329 e. The fourth-order valence-corrected chi connectivity index (χ4v) is 2.38. The third-order valence-corrected chi connectivity index (χ3v) is 3.99. The first-order valence-corrected chi connectivity index (χ1v) is 8.81. The number of benzene rings is 1. The number of hydrogen-bond acceptors (Lipinski definition) is 5. The highest BCUT2D eigenvalue weighted by Crippen LogP contribution is 2.14. The highest BCUT2D eigenvalue weighted by Gasteiger charge is 2.21. The molecule has 0 radical (unpaired) electrons. The standard InChI is InChI=1S/C16H23N3O4S/c1-10-4-5-12(8-11(10)2)18-14(20)9-23-15(21)13(6-7-24-3)19-16(17)22/h4-5,8,13H,6-7,9H2,1-3H3,(H,18,20)(H3,17,19,22)/t13-/m1/s1. The van der Waals surface area contributed by atoms with E-state index in [1.807, 2.05) is 32.2 Å². The van der Waals surface area contributed by atoms with Gasteiger partial charge < -0.3 is 21.1 Å². The second-order valence-corrected chi connectivity index (χ2v) is 6.28. The molecule has 0 spiro atoms. The molecule has 24 heavy (non-hydrogen) atoms. The van der Waals surface area contributed by atoms with Crippen LogP contribution in [0.4, 0.5) is 10.5 Å². The van der Waals surface area contributed by atoms with Gasteiger partial charge in [-0.25, -0.2) is 9.59 Å². The Balaban J connectivity index is 2.52. The maximum Gasteiger partial charge on any atom is 0.329 e. The molecule has 0 fully saturated rings. The molecule has 132 valence electrons. The minimum atomic E-state index is -0.857. The van der Waals surface area contributed by atoms with Crippen molar-refractivity contribution in [1.29, 1.82) is 0 Å². The van der Waals surface area contributed by atoms with Gasteiger partial charge in [-0.3, -0.25) is 4.79 Å². The maximum absolute atomic E-state index is 12.0. The predicted octanol–water partition coefficient (Wildman–Crippen LogP) is 1.58. The average molecular weight is 353 g/mol. The van der Waals surface area contributed by atoms with E-state index < -0.39 is 30.6 Å². The zero-order valence-corrected chi connectivity index (χ0v) is 14.9. The maximum atomic E-state index is 12.0. The molecule has 0 saturated heterocycles. The van der Waals surface area contributed by atoms with Crippen LogP contribution in [-0.2, 0) is 14.3 Å². The molecular formula is C16H23N3O4S. The van der Waals surface area contributed by atoms with Gasteiger partial charge in [-0.1, -0.05) is 6.07 Å². The van der Waals surface area contributed by atoms with Gasteiger partial charge >= 0.3 is 12.0 Å². The van der Waals surface area contributed by atoms with Crippen LogP contribution < -0.4 is 16.4 Å². The van der Waals surface area contributed by atoms with Crippen LogP contribution in [0.25, 0.3) is 0 Å². The van der Waals surface area contributed by atoms with Crippen molar-refractivity contribution in [3.8, 4) is 0 Å². The lowest BCUT2D eigenvalue weighted by Crippen LogP contribution is -2.45. The van der Waals surface area contributed by atoms with Crippen LogP contribution >= 0.6 is 11.8 Å². The fraction of sp³-hybridized carbons (Fsp3) is 0.438. The number of amides is 3. The molecule has 7 nitrogen and oxygen atoms in total. The molecule has 0 aliphatic rings. The number of carbonyl (C=O) groups is 3. The van der Waals surface area contributed by atoms with Gasteiger partial charge in [-0.15, -0.1) is 0 Å². The number of ether oxygens (including phenoxy) is 1. The Kier molecular flexibility index (Phi) is 8.11. The lowest BCUT2D eigenvalue weighted by atomic mass is 10.1. The number of urea groups is 1. The largest absolute Gasteiger partial charge is 0.454 e. The highest BCUT2D eigenvalue weighted by molar-refractivity contribution is 7.98. The van der Waals surface area contributed by atoms with E-state index in [4.69, 9.17) is 10.5 Å². The summed E-state index contributed by atoms with van der Waals surface area (Å²) in [5.41, 5.74) is 7.84. The summed E-state index contributed by atoms with van der Waals surface area (Å²) in [7, 11) is 0. The zero-order valence-electron chi connectivity index (χ0n) is 14.0.